The maximum Gasteiger partial charge on any atom is 0.253 e. The summed E-state index contributed by atoms with van der Waals surface area (Å²) in [5.41, 5.74) is 2.83. The molecule has 19 heavy (non-hydrogen) atoms. The molecule has 0 bridgehead atoms. The minimum Gasteiger partial charge on any atom is -0.384 e. The van der Waals surface area contributed by atoms with Crippen molar-refractivity contribution in [2.75, 3.05) is 23.4 Å². The number of hydrogen-bond donors (Lipinski definition) is 2. The van der Waals surface area contributed by atoms with Crippen LogP contribution < -0.4 is 10.6 Å². The third-order valence-corrected chi connectivity index (χ3v) is 4.41. The molecule has 1 atom stereocenters. The minimum absolute atomic E-state index is 0.0507. The van der Waals surface area contributed by atoms with Crippen LogP contribution in [0.1, 0.15) is 35.7 Å². The highest BCUT2D eigenvalue weighted by Crippen LogP contribution is 2.20. The van der Waals surface area contributed by atoms with Gasteiger partial charge in [0.25, 0.3) is 5.91 Å². The molecule has 0 aliphatic carbocycles. The van der Waals surface area contributed by atoms with Crippen LogP contribution >= 0.6 is 11.8 Å². The lowest BCUT2D eigenvalue weighted by Crippen LogP contribution is -2.35. The lowest BCUT2D eigenvalue weighted by molar-refractivity contribution is 0.0942. The van der Waals surface area contributed by atoms with E-state index in [2.05, 4.69) is 17.6 Å². The van der Waals surface area contributed by atoms with Gasteiger partial charge in [-0.1, -0.05) is 18.6 Å². The van der Waals surface area contributed by atoms with E-state index < -0.39 is 0 Å². The van der Waals surface area contributed by atoms with Crippen LogP contribution in [0.3, 0.4) is 0 Å². The molecule has 1 amide bonds. The fourth-order valence-electron chi connectivity index (χ4n) is 2.17. The van der Waals surface area contributed by atoms with Gasteiger partial charge in [-0.15, -0.1) is 0 Å². The van der Waals surface area contributed by atoms with E-state index in [0.29, 0.717) is 6.04 Å². The molecule has 2 rings (SSSR count). The Morgan fingerprint density at radius 1 is 1.47 bits per heavy atom. The average Bonchev–Trinajstić information content (AvgIpc) is 2.90. The van der Waals surface area contributed by atoms with Crippen molar-refractivity contribution < 1.29 is 4.79 Å². The molecule has 1 unspecified atom stereocenters. The van der Waals surface area contributed by atoms with Crippen molar-refractivity contribution in [1.29, 1.82) is 0 Å². The minimum atomic E-state index is 0.0507. The quantitative estimate of drug-likeness (QED) is 0.870. The number of anilines is 1. The SMILES string of the molecule is CCCNc1ccc(C)cc1C(=O)NC1CCSC1. The van der Waals surface area contributed by atoms with Crippen LogP contribution in [0.4, 0.5) is 5.69 Å². The zero-order valence-corrected chi connectivity index (χ0v) is 12.5. The Bertz CT molecular complexity index is 442. The Hall–Kier alpha value is -1.16. The third-order valence-electron chi connectivity index (χ3n) is 3.25. The number of amides is 1. The van der Waals surface area contributed by atoms with E-state index in [1.807, 2.05) is 36.9 Å². The molecule has 3 nitrogen and oxygen atoms in total. The molecule has 1 aliphatic heterocycles. The van der Waals surface area contributed by atoms with Crippen molar-refractivity contribution in [2.24, 2.45) is 0 Å². The highest BCUT2D eigenvalue weighted by Gasteiger charge is 2.20. The summed E-state index contributed by atoms with van der Waals surface area (Å²) < 4.78 is 0. The molecule has 1 aromatic carbocycles. The van der Waals surface area contributed by atoms with Crippen LogP contribution in [0, 0.1) is 6.92 Å². The number of rotatable bonds is 5. The smallest absolute Gasteiger partial charge is 0.253 e. The van der Waals surface area contributed by atoms with Crippen LogP contribution in [-0.2, 0) is 0 Å². The topological polar surface area (TPSA) is 41.1 Å². The van der Waals surface area contributed by atoms with E-state index in [-0.39, 0.29) is 5.91 Å². The van der Waals surface area contributed by atoms with Gasteiger partial charge in [-0.25, -0.2) is 0 Å². The Morgan fingerprint density at radius 3 is 3.00 bits per heavy atom. The van der Waals surface area contributed by atoms with E-state index >= 15 is 0 Å². The van der Waals surface area contributed by atoms with Gasteiger partial charge >= 0.3 is 0 Å². The average molecular weight is 278 g/mol. The molecule has 0 radical (unpaired) electrons. The molecule has 104 valence electrons. The number of aryl methyl sites for hydroxylation is 1. The molecule has 1 aliphatic rings. The molecule has 2 N–H and O–H groups in total. The molecule has 0 spiro atoms. The molecule has 1 saturated heterocycles. The van der Waals surface area contributed by atoms with Crippen molar-refractivity contribution in [1.82, 2.24) is 5.32 Å². The van der Waals surface area contributed by atoms with Gasteiger partial charge in [0, 0.05) is 24.0 Å². The maximum atomic E-state index is 12.4. The summed E-state index contributed by atoms with van der Waals surface area (Å²) in [4.78, 5) is 12.4. The second-order valence-electron chi connectivity index (χ2n) is 5.01. The molecule has 1 heterocycles. The van der Waals surface area contributed by atoms with Crippen molar-refractivity contribution in [3.63, 3.8) is 0 Å². The summed E-state index contributed by atoms with van der Waals surface area (Å²) in [6.45, 7) is 5.03. The summed E-state index contributed by atoms with van der Waals surface area (Å²) in [5, 5.41) is 6.47. The van der Waals surface area contributed by atoms with Gasteiger partial charge < -0.3 is 10.6 Å². The predicted octanol–water partition coefficient (Wildman–Crippen LogP) is 3.05. The zero-order chi connectivity index (χ0) is 13.7. The first-order chi connectivity index (χ1) is 9.20. The molecular weight excluding hydrogens is 256 g/mol. The number of thioether (sulfide) groups is 1. The standard InChI is InChI=1S/C15H22N2OS/c1-3-7-16-14-5-4-11(2)9-13(14)15(18)17-12-6-8-19-10-12/h4-5,9,12,16H,3,6-8,10H2,1-2H3,(H,17,18). The molecule has 0 aromatic heterocycles. The Labute approximate surface area is 119 Å². The second kappa shape index (κ2) is 6.85. The summed E-state index contributed by atoms with van der Waals surface area (Å²) in [6.07, 6.45) is 2.13. The van der Waals surface area contributed by atoms with Crippen LogP contribution in [-0.4, -0.2) is 30.0 Å². The van der Waals surface area contributed by atoms with Crippen molar-refractivity contribution >= 4 is 23.4 Å². The number of nitrogens with one attached hydrogen (secondary N) is 2. The maximum absolute atomic E-state index is 12.4. The van der Waals surface area contributed by atoms with Gasteiger partial charge in [-0.05, 0) is 37.7 Å². The highest BCUT2D eigenvalue weighted by molar-refractivity contribution is 7.99. The summed E-state index contributed by atoms with van der Waals surface area (Å²) >= 11 is 1.91. The van der Waals surface area contributed by atoms with E-state index in [4.69, 9.17) is 0 Å². The normalized spacial score (nSPS) is 18.3. The van der Waals surface area contributed by atoms with Gasteiger partial charge in [0.2, 0.25) is 0 Å². The number of hydrogen-bond acceptors (Lipinski definition) is 3. The van der Waals surface area contributed by atoms with E-state index in [1.165, 1.54) is 0 Å². The van der Waals surface area contributed by atoms with Crippen LogP contribution in [0.25, 0.3) is 0 Å². The van der Waals surface area contributed by atoms with Gasteiger partial charge in [0.1, 0.15) is 0 Å². The third kappa shape index (κ3) is 3.90. The molecule has 1 aromatic rings. The Kier molecular flexibility index (Phi) is 5.14. The van der Waals surface area contributed by atoms with E-state index in [0.717, 1.165) is 47.7 Å². The van der Waals surface area contributed by atoms with Crippen molar-refractivity contribution in [3.05, 3.63) is 29.3 Å². The second-order valence-corrected chi connectivity index (χ2v) is 6.16. The number of carbonyl (C=O) groups excluding carboxylic acids is 1. The first-order valence-corrected chi connectivity index (χ1v) is 8.09. The van der Waals surface area contributed by atoms with Gasteiger partial charge in [0.05, 0.1) is 5.56 Å². The molecule has 0 saturated carbocycles. The predicted molar refractivity (Wildman–Crippen MR) is 83.2 cm³/mol. The Morgan fingerprint density at radius 2 is 2.32 bits per heavy atom. The van der Waals surface area contributed by atoms with Gasteiger partial charge in [-0.2, -0.15) is 11.8 Å². The molecular formula is C15H22N2OS. The molecule has 1 fully saturated rings. The van der Waals surface area contributed by atoms with E-state index in [9.17, 15) is 4.79 Å². The lowest BCUT2D eigenvalue weighted by Gasteiger charge is -2.15. The fraction of sp³-hybridized carbons (Fsp3) is 0.533. The van der Waals surface area contributed by atoms with Crippen molar-refractivity contribution in [2.45, 2.75) is 32.7 Å². The highest BCUT2D eigenvalue weighted by atomic mass is 32.2. The van der Waals surface area contributed by atoms with Crippen molar-refractivity contribution in [3.8, 4) is 0 Å². The zero-order valence-electron chi connectivity index (χ0n) is 11.7. The fourth-order valence-corrected chi connectivity index (χ4v) is 3.32. The first kappa shape index (κ1) is 14.3. The van der Waals surface area contributed by atoms with E-state index in [1.54, 1.807) is 0 Å². The largest absolute Gasteiger partial charge is 0.384 e. The van der Waals surface area contributed by atoms with Gasteiger partial charge in [0.15, 0.2) is 0 Å². The summed E-state index contributed by atoms with van der Waals surface area (Å²) in [5.74, 6) is 2.24. The summed E-state index contributed by atoms with van der Waals surface area (Å²) in [7, 11) is 0. The summed E-state index contributed by atoms with van der Waals surface area (Å²) in [6, 6.07) is 6.34. The molecule has 4 heteroatoms. The number of benzene rings is 1. The number of carbonyl (C=O) groups is 1. The van der Waals surface area contributed by atoms with Gasteiger partial charge in [-0.3, -0.25) is 4.79 Å². The lowest BCUT2D eigenvalue weighted by atomic mass is 10.1. The first-order valence-electron chi connectivity index (χ1n) is 6.94. The monoisotopic (exact) mass is 278 g/mol. The van der Waals surface area contributed by atoms with Crippen LogP contribution in [0.5, 0.6) is 0 Å². The van der Waals surface area contributed by atoms with Crippen LogP contribution in [0.2, 0.25) is 0 Å². The Balaban J connectivity index is 2.11. The van der Waals surface area contributed by atoms with Crippen LogP contribution in [0.15, 0.2) is 18.2 Å².